The van der Waals surface area contributed by atoms with Gasteiger partial charge in [0.15, 0.2) is 11.5 Å². The average Bonchev–Trinajstić information content (AvgIpc) is 3.73. The van der Waals surface area contributed by atoms with E-state index in [2.05, 4.69) is 59.8 Å². The van der Waals surface area contributed by atoms with E-state index >= 15 is 0 Å². The number of nitrogens with zero attached hydrogens (tertiary/aromatic N) is 6. The number of anilines is 4. The van der Waals surface area contributed by atoms with Gasteiger partial charge in [0.25, 0.3) is 5.95 Å². The minimum atomic E-state index is 0.188. The molecule has 1 aliphatic heterocycles. The lowest BCUT2D eigenvalue weighted by atomic mass is 9.81. The number of aromatic nitrogens is 5. The van der Waals surface area contributed by atoms with Gasteiger partial charge in [0.2, 0.25) is 11.9 Å². The van der Waals surface area contributed by atoms with Crippen molar-refractivity contribution in [2.75, 3.05) is 49.8 Å². The Morgan fingerprint density at radius 1 is 1.02 bits per heavy atom. The molecule has 2 saturated carbocycles. The van der Waals surface area contributed by atoms with Gasteiger partial charge in [-0.3, -0.25) is 0 Å². The van der Waals surface area contributed by atoms with Crippen molar-refractivity contribution in [2.24, 2.45) is 17.8 Å². The van der Waals surface area contributed by atoms with Crippen LogP contribution in [0.2, 0.25) is 0 Å². The quantitative estimate of drug-likeness (QED) is 0.318. The SMILES string of the molecule is COc1cc2cnc(-n3nc(Nc4ccc(N5CCNCC5[C@H]5C[C@@H]6CC[C@H]5C6)cc4)nc3N)nc2cc1OC. The molecule has 11 heteroatoms. The van der Waals surface area contributed by atoms with Gasteiger partial charge in [0.1, 0.15) is 0 Å². The molecule has 1 unspecified atom stereocenters. The van der Waals surface area contributed by atoms with E-state index in [-0.39, 0.29) is 5.95 Å². The van der Waals surface area contributed by atoms with Gasteiger partial charge in [-0.2, -0.15) is 9.67 Å². The summed E-state index contributed by atoms with van der Waals surface area (Å²) in [6, 6.07) is 12.8. The monoisotopic (exact) mass is 541 g/mol. The van der Waals surface area contributed by atoms with Crippen LogP contribution in [0.5, 0.6) is 11.5 Å². The standard InChI is InChI=1S/C29H35N9O2/c1-39-25-13-19-15-32-29(34-23(19)14-26(25)40-2)38-27(30)35-28(36-38)33-20-5-7-21(8-6-20)37-10-9-31-16-24(37)22-12-17-3-4-18(22)11-17/h5-8,13-15,17-18,22,24,31H,3-4,9-12,16H2,1-2H3,(H3,30,33,35,36)/t17-,18+,22+,24?/m1/s1. The predicted octanol–water partition coefficient (Wildman–Crippen LogP) is 3.77. The Bertz CT molecular complexity index is 1520. The molecule has 3 heterocycles. The fourth-order valence-electron chi connectivity index (χ4n) is 7.03. The molecular weight excluding hydrogens is 506 g/mol. The number of piperazine rings is 1. The van der Waals surface area contributed by atoms with Crippen LogP contribution in [0, 0.1) is 17.8 Å². The number of ether oxygens (including phenoxy) is 2. The van der Waals surface area contributed by atoms with E-state index in [4.69, 9.17) is 15.2 Å². The molecule has 1 saturated heterocycles. The Balaban J connectivity index is 1.08. The lowest BCUT2D eigenvalue weighted by molar-refractivity contribution is 0.252. The largest absolute Gasteiger partial charge is 0.493 e. The van der Waals surface area contributed by atoms with Crippen LogP contribution in [0.4, 0.5) is 23.3 Å². The summed E-state index contributed by atoms with van der Waals surface area (Å²) in [6.07, 6.45) is 7.39. The number of nitrogen functional groups attached to an aromatic ring is 1. The molecule has 2 aromatic carbocycles. The normalized spacial score (nSPS) is 24.0. The van der Waals surface area contributed by atoms with E-state index in [1.807, 2.05) is 6.07 Å². The molecule has 0 spiro atoms. The Hall–Kier alpha value is -4.12. The van der Waals surface area contributed by atoms with E-state index in [0.29, 0.717) is 35.0 Å². The summed E-state index contributed by atoms with van der Waals surface area (Å²) in [4.78, 5) is 16.1. The molecule has 208 valence electrons. The van der Waals surface area contributed by atoms with E-state index in [0.717, 1.165) is 48.5 Å². The van der Waals surface area contributed by atoms with Crippen LogP contribution in [-0.4, -0.2) is 64.6 Å². The number of nitrogens with one attached hydrogen (secondary N) is 2. The summed E-state index contributed by atoms with van der Waals surface area (Å²) in [6.45, 7) is 3.14. The van der Waals surface area contributed by atoms with Crippen molar-refractivity contribution in [3.8, 4) is 17.4 Å². The third-order valence-electron chi connectivity index (χ3n) is 8.92. The zero-order chi connectivity index (χ0) is 27.2. The second kappa shape index (κ2) is 10.1. The lowest BCUT2D eigenvalue weighted by Crippen LogP contribution is -2.55. The highest BCUT2D eigenvalue weighted by atomic mass is 16.5. The Morgan fingerprint density at radius 2 is 1.85 bits per heavy atom. The number of methoxy groups -OCH3 is 2. The van der Waals surface area contributed by atoms with Crippen LogP contribution in [0.1, 0.15) is 25.7 Å². The maximum absolute atomic E-state index is 6.21. The van der Waals surface area contributed by atoms with E-state index in [1.165, 1.54) is 36.1 Å². The molecular formula is C29H35N9O2. The maximum Gasteiger partial charge on any atom is 0.254 e. The number of fused-ring (bicyclic) bond motifs is 3. The molecule has 0 amide bonds. The van der Waals surface area contributed by atoms with Crippen molar-refractivity contribution in [1.29, 1.82) is 0 Å². The van der Waals surface area contributed by atoms with Crippen molar-refractivity contribution in [3.05, 3.63) is 42.6 Å². The van der Waals surface area contributed by atoms with Gasteiger partial charge >= 0.3 is 0 Å². The van der Waals surface area contributed by atoms with E-state index < -0.39 is 0 Å². The van der Waals surface area contributed by atoms with Crippen molar-refractivity contribution in [3.63, 3.8) is 0 Å². The molecule has 3 fully saturated rings. The fraction of sp³-hybridized carbons (Fsp3) is 0.448. The summed E-state index contributed by atoms with van der Waals surface area (Å²) < 4.78 is 12.2. The first-order valence-electron chi connectivity index (χ1n) is 14.1. The predicted molar refractivity (Wildman–Crippen MR) is 155 cm³/mol. The van der Waals surface area contributed by atoms with Gasteiger partial charge in [-0.05, 0) is 67.3 Å². The highest BCUT2D eigenvalue weighted by Gasteiger charge is 2.45. The molecule has 4 atom stereocenters. The molecule has 3 aliphatic rings. The molecule has 11 nitrogen and oxygen atoms in total. The van der Waals surface area contributed by atoms with Crippen LogP contribution < -0.4 is 30.7 Å². The molecule has 2 bridgehead atoms. The molecule has 4 N–H and O–H groups in total. The topological polar surface area (TPSA) is 128 Å². The maximum atomic E-state index is 6.21. The van der Waals surface area contributed by atoms with Crippen molar-refractivity contribution < 1.29 is 9.47 Å². The molecule has 2 aliphatic carbocycles. The number of benzene rings is 2. The highest BCUT2D eigenvalue weighted by molar-refractivity contribution is 5.82. The van der Waals surface area contributed by atoms with Crippen molar-refractivity contribution in [1.82, 2.24) is 30.0 Å². The third-order valence-corrected chi connectivity index (χ3v) is 8.92. The van der Waals surface area contributed by atoms with Crippen LogP contribution in [-0.2, 0) is 0 Å². The molecule has 40 heavy (non-hydrogen) atoms. The van der Waals surface area contributed by atoms with E-state index in [1.54, 1.807) is 26.5 Å². The van der Waals surface area contributed by atoms with Crippen LogP contribution in [0.25, 0.3) is 16.9 Å². The third kappa shape index (κ3) is 4.43. The number of hydrogen-bond donors (Lipinski definition) is 3. The zero-order valence-electron chi connectivity index (χ0n) is 22.9. The summed E-state index contributed by atoms with van der Waals surface area (Å²) >= 11 is 0. The Labute approximate surface area is 233 Å². The second-order valence-electron chi connectivity index (χ2n) is 11.1. The molecule has 7 rings (SSSR count). The van der Waals surface area contributed by atoms with Crippen LogP contribution >= 0.6 is 0 Å². The minimum Gasteiger partial charge on any atom is -0.493 e. The van der Waals surface area contributed by atoms with Crippen molar-refractivity contribution >= 4 is 34.2 Å². The first-order chi connectivity index (χ1) is 19.6. The second-order valence-corrected chi connectivity index (χ2v) is 11.1. The van der Waals surface area contributed by atoms with Crippen molar-refractivity contribution in [2.45, 2.75) is 31.7 Å². The molecule has 2 aromatic heterocycles. The number of hydrogen-bond acceptors (Lipinski definition) is 10. The number of rotatable bonds is 7. The zero-order valence-corrected chi connectivity index (χ0v) is 22.9. The molecule has 0 radical (unpaired) electrons. The summed E-state index contributed by atoms with van der Waals surface area (Å²) in [5.74, 6) is 4.75. The summed E-state index contributed by atoms with van der Waals surface area (Å²) in [7, 11) is 3.19. The van der Waals surface area contributed by atoms with Gasteiger partial charge in [0, 0.05) is 54.7 Å². The Kier molecular flexibility index (Phi) is 6.30. The average molecular weight is 542 g/mol. The lowest BCUT2D eigenvalue weighted by Gasteiger charge is -2.44. The summed E-state index contributed by atoms with van der Waals surface area (Å²) in [5.41, 5.74) is 9.05. The van der Waals surface area contributed by atoms with E-state index in [9.17, 15) is 0 Å². The van der Waals surface area contributed by atoms with Crippen LogP contribution in [0.15, 0.2) is 42.6 Å². The minimum absolute atomic E-state index is 0.188. The van der Waals surface area contributed by atoms with Gasteiger partial charge in [0.05, 0.1) is 19.7 Å². The Morgan fingerprint density at radius 3 is 2.60 bits per heavy atom. The van der Waals surface area contributed by atoms with Gasteiger partial charge < -0.3 is 30.7 Å². The van der Waals surface area contributed by atoms with Gasteiger partial charge in [-0.15, -0.1) is 5.10 Å². The highest BCUT2D eigenvalue weighted by Crippen LogP contribution is 2.50. The van der Waals surface area contributed by atoms with Crippen LogP contribution in [0.3, 0.4) is 0 Å². The van der Waals surface area contributed by atoms with Gasteiger partial charge in [-0.1, -0.05) is 6.42 Å². The first kappa shape index (κ1) is 24.9. The smallest absolute Gasteiger partial charge is 0.254 e. The van der Waals surface area contributed by atoms with Gasteiger partial charge in [-0.25, -0.2) is 9.97 Å². The molecule has 4 aromatic rings. The summed E-state index contributed by atoms with van der Waals surface area (Å²) in [5, 5.41) is 12.3. The number of nitrogens with two attached hydrogens (primary N) is 1. The first-order valence-corrected chi connectivity index (χ1v) is 14.1. The fourth-order valence-corrected chi connectivity index (χ4v) is 7.03.